The predicted molar refractivity (Wildman–Crippen MR) is 87.3 cm³/mol. The van der Waals surface area contributed by atoms with Crippen molar-refractivity contribution in [3.63, 3.8) is 0 Å². The van der Waals surface area contributed by atoms with E-state index < -0.39 is 6.10 Å². The second kappa shape index (κ2) is 7.61. The minimum atomic E-state index is -0.567. The van der Waals surface area contributed by atoms with E-state index in [1.165, 1.54) is 0 Å². The first-order valence-corrected chi connectivity index (χ1v) is 7.42. The van der Waals surface area contributed by atoms with Crippen molar-refractivity contribution in [1.29, 1.82) is 0 Å². The SMILES string of the molecule is CCCOc1cccc(C(=O)Nc2cccc([C@H](C)O)c2)c1. The molecule has 0 aliphatic heterocycles. The number of carbonyl (C=O) groups excluding carboxylic acids is 1. The second-order valence-corrected chi connectivity index (χ2v) is 5.13. The average molecular weight is 299 g/mol. The largest absolute Gasteiger partial charge is 0.494 e. The van der Waals surface area contributed by atoms with Gasteiger partial charge < -0.3 is 15.2 Å². The number of rotatable bonds is 6. The Balaban J connectivity index is 2.10. The van der Waals surface area contributed by atoms with Gasteiger partial charge in [-0.2, -0.15) is 0 Å². The third-order valence-corrected chi connectivity index (χ3v) is 3.20. The van der Waals surface area contributed by atoms with Crippen molar-refractivity contribution in [2.45, 2.75) is 26.4 Å². The molecule has 2 aromatic carbocycles. The summed E-state index contributed by atoms with van der Waals surface area (Å²) >= 11 is 0. The van der Waals surface area contributed by atoms with Crippen LogP contribution in [-0.4, -0.2) is 17.6 Å². The van der Waals surface area contributed by atoms with Gasteiger partial charge in [0, 0.05) is 11.3 Å². The molecule has 0 fully saturated rings. The van der Waals surface area contributed by atoms with Crippen LogP contribution in [0.5, 0.6) is 5.75 Å². The number of hydrogen-bond donors (Lipinski definition) is 2. The molecule has 0 saturated carbocycles. The third kappa shape index (κ3) is 4.33. The maximum absolute atomic E-state index is 12.3. The van der Waals surface area contributed by atoms with Crippen molar-refractivity contribution in [3.8, 4) is 5.75 Å². The van der Waals surface area contributed by atoms with Crippen LogP contribution >= 0.6 is 0 Å². The van der Waals surface area contributed by atoms with Crippen LogP contribution in [0.4, 0.5) is 5.69 Å². The molecule has 2 rings (SSSR count). The second-order valence-electron chi connectivity index (χ2n) is 5.13. The quantitative estimate of drug-likeness (QED) is 0.853. The Hall–Kier alpha value is -2.33. The predicted octanol–water partition coefficient (Wildman–Crippen LogP) is 3.78. The van der Waals surface area contributed by atoms with Gasteiger partial charge in [-0.25, -0.2) is 0 Å². The first-order valence-electron chi connectivity index (χ1n) is 7.42. The Morgan fingerprint density at radius 2 is 2.00 bits per heavy atom. The highest BCUT2D eigenvalue weighted by molar-refractivity contribution is 6.04. The molecule has 2 N–H and O–H groups in total. The topological polar surface area (TPSA) is 58.6 Å². The molecule has 0 spiro atoms. The van der Waals surface area contributed by atoms with Crippen LogP contribution in [0.15, 0.2) is 48.5 Å². The van der Waals surface area contributed by atoms with E-state index in [0.717, 1.165) is 12.0 Å². The Labute approximate surface area is 130 Å². The van der Waals surface area contributed by atoms with E-state index in [2.05, 4.69) is 5.32 Å². The van der Waals surface area contributed by atoms with Gasteiger partial charge in [0.15, 0.2) is 0 Å². The fraction of sp³-hybridized carbons (Fsp3) is 0.278. The highest BCUT2D eigenvalue weighted by Gasteiger charge is 2.08. The van der Waals surface area contributed by atoms with Crippen molar-refractivity contribution in [3.05, 3.63) is 59.7 Å². The fourth-order valence-corrected chi connectivity index (χ4v) is 2.03. The molecular formula is C18H21NO3. The van der Waals surface area contributed by atoms with Gasteiger partial charge >= 0.3 is 0 Å². The van der Waals surface area contributed by atoms with Crippen molar-refractivity contribution < 1.29 is 14.6 Å². The number of nitrogens with one attached hydrogen (secondary N) is 1. The summed E-state index contributed by atoms with van der Waals surface area (Å²) in [6, 6.07) is 14.3. The molecule has 4 nitrogen and oxygen atoms in total. The van der Waals surface area contributed by atoms with E-state index in [1.54, 1.807) is 43.3 Å². The van der Waals surface area contributed by atoms with Gasteiger partial charge in [0.1, 0.15) is 5.75 Å². The lowest BCUT2D eigenvalue weighted by atomic mass is 10.1. The molecule has 4 heteroatoms. The first kappa shape index (κ1) is 16.0. The van der Waals surface area contributed by atoms with Gasteiger partial charge in [0.05, 0.1) is 12.7 Å². The van der Waals surface area contributed by atoms with Gasteiger partial charge in [0.2, 0.25) is 0 Å². The van der Waals surface area contributed by atoms with Crippen LogP contribution in [0.25, 0.3) is 0 Å². The van der Waals surface area contributed by atoms with Crippen LogP contribution in [0.1, 0.15) is 42.3 Å². The lowest BCUT2D eigenvalue weighted by Crippen LogP contribution is -2.12. The van der Waals surface area contributed by atoms with Crippen LogP contribution in [0.3, 0.4) is 0 Å². The normalized spacial score (nSPS) is 11.8. The van der Waals surface area contributed by atoms with E-state index in [4.69, 9.17) is 4.74 Å². The van der Waals surface area contributed by atoms with E-state index in [9.17, 15) is 9.90 Å². The number of aliphatic hydroxyl groups is 1. The number of aliphatic hydroxyl groups excluding tert-OH is 1. The first-order chi connectivity index (χ1) is 10.6. The van der Waals surface area contributed by atoms with Gasteiger partial charge in [-0.05, 0) is 49.2 Å². The van der Waals surface area contributed by atoms with Crippen molar-refractivity contribution in [2.24, 2.45) is 0 Å². The summed E-state index contributed by atoms with van der Waals surface area (Å²) < 4.78 is 5.53. The van der Waals surface area contributed by atoms with Crippen molar-refractivity contribution >= 4 is 11.6 Å². The van der Waals surface area contributed by atoms with E-state index in [-0.39, 0.29) is 5.91 Å². The lowest BCUT2D eigenvalue weighted by molar-refractivity contribution is 0.102. The highest BCUT2D eigenvalue weighted by atomic mass is 16.5. The van der Waals surface area contributed by atoms with Gasteiger partial charge in [-0.15, -0.1) is 0 Å². The number of carbonyl (C=O) groups is 1. The molecule has 0 saturated heterocycles. The maximum Gasteiger partial charge on any atom is 0.255 e. The molecule has 0 unspecified atom stereocenters. The standard InChI is InChI=1S/C18H21NO3/c1-3-10-22-17-9-5-7-15(12-17)18(21)19-16-8-4-6-14(11-16)13(2)20/h4-9,11-13,20H,3,10H2,1-2H3,(H,19,21)/t13-/m0/s1. The number of hydrogen-bond acceptors (Lipinski definition) is 3. The Morgan fingerprint density at radius 3 is 2.73 bits per heavy atom. The zero-order valence-electron chi connectivity index (χ0n) is 12.9. The number of amides is 1. The maximum atomic E-state index is 12.3. The van der Waals surface area contributed by atoms with Crippen molar-refractivity contribution in [2.75, 3.05) is 11.9 Å². The monoisotopic (exact) mass is 299 g/mol. The molecule has 116 valence electrons. The molecule has 1 atom stereocenters. The minimum absolute atomic E-state index is 0.204. The van der Waals surface area contributed by atoms with Crippen LogP contribution in [0.2, 0.25) is 0 Å². The Morgan fingerprint density at radius 1 is 1.23 bits per heavy atom. The van der Waals surface area contributed by atoms with E-state index in [0.29, 0.717) is 23.6 Å². The molecule has 2 aromatic rings. The molecule has 0 aliphatic carbocycles. The molecular weight excluding hydrogens is 278 g/mol. The Kier molecular flexibility index (Phi) is 5.55. The molecule has 0 aliphatic rings. The molecule has 1 amide bonds. The van der Waals surface area contributed by atoms with E-state index >= 15 is 0 Å². The summed E-state index contributed by atoms with van der Waals surface area (Å²) in [6.45, 7) is 4.35. The van der Waals surface area contributed by atoms with Crippen molar-refractivity contribution in [1.82, 2.24) is 0 Å². The summed E-state index contributed by atoms with van der Waals surface area (Å²) in [5.41, 5.74) is 1.96. The zero-order valence-corrected chi connectivity index (χ0v) is 12.9. The summed E-state index contributed by atoms with van der Waals surface area (Å²) in [7, 11) is 0. The molecule has 0 aromatic heterocycles. The summed E-state index contributed by atoms with van der Waals surface area (Å²) in [5.74, 6) is 0.483. The number of benzene rings is 2. The minimum Gasteiger partial charge on any atom is -0.494 e. The number of ether oxygens (including phenoxy) is 1. The van der Waals surface area contributed by atoms with Crippen LogP contribution in [-0.2, 0) is 0 Å². The lowest BCUT2D eigenvalue weighted by Gasteiger charge is -2.10. The fourth-order valence-electron chi connectivity index (χ4n) is 2.03. The average Bonchev–Trinajstić information content (AvgIpc) is 2.53. The van der Waals surface area contributed by atoms with Crippen LogP contribution in [0, 0.1) is 0 Å². The molecule has 0 heterocycles. The Bertz CT molecular complexity index is 638. The third-order valence-electron chi connectivity index (χ3n) is 3.20. The molecule has 0 radical (unpaired) electrons. The van der Waals surface area contributed by atoms with E-state index in [1.807, 2.05) is 19.1 Å². The van der Waals surface area contributed by atoms with Gasteiger partial charge in [0.25, 0.3) is 5.91 Å². The summed E-state index contributed by atoms with van der Waals surface area (Å²) in [5, 5.41) is 12.4. The zero-order chi connectivity index (χ0) is 15.9. The molecule has 22 heavy (non-hydrogen) atoms. The van der Waals surface area contributed by atoms with Crippen LogP contribution < -0.4 is 10.1 Å². The summed E-state index contributed by atoms with van der Waals surface area (Å²) in [6.07, 6.45) is 0.352. The smallest absolute Gasteiger partial charge is 0.255 e. The molecule has 0 bridgehead atoms. The number of anilines is 1. The summed E-state index contributed by atoms with van der Waals surface area (Å²) in [4.78, 5) is 12.3. The van der Waals surface area contributed by atoms with Gasteiger partial charge in [-0.3, -0.25) is 4.79 Å². The van der Waals surface area contributed by atoms with Gasteiger partial charge in [-0.1, -0.05) is 25.1 Å². The highest BCUT2D eigenvalue weighted by Crippen LogP contribution is 2.19.